The number of piperidine rings is 1. The van der Waals surface area contributed by atoms with E-state index in [1.54, 1.807) is 0 Å². The van der Waals surface area contributed by atoms with E-state index >= 15 is 0 Å². The van der Waals surface area contributed by atoms with E-state index in [2.05, 4.69) is 5.32 Å². The van der Waals surface area contributed by atoms with Crippen molar-refractivity contribution in [2.75, 3.05) is 19.6 Å². The molecular weight excluding hydrogens is 324 g/mol. The monoisotopic (exact) mass is 350 g/mol. The fourth-order valence-corrected chi connectivity index (χ4v) is 3.44. The minimum Gasteiger partial charge on any atom is -0.457 e. The molecule has 1 saturated carbocycles. The zero-order valence-corrected chi connectivity index (χ0v) is 15.1. The molecule has 1 aliphatic heterocycles. The van der Waals surface area contributed by atoms with Gasteiger partial charge in [0.15, 0.2) is 0 Å². The largest absolute Gasteiger partial charge is 0.457 e. The molecule has 0 atom stereocenters. The van der Waals surface area contributed by atoms with Crippen LogP contribution in [-0.4, -0.2) is 36.5 Å². The van der Waals surface area contributed by atoms with Gasteiger partial charge in [-0.3, -0.25) is 4.79 Å². The Morgan fingerprint density at radius 2 is 1.69 bits per heavy atom. The van der Waals surface area contributed by atoms with Gasteiger partial charge in [0.05, 0.1) is 0 Å². The number of benzene rings is 2. The Labute approximate surface area is 155 Å². The molecule has 0 spiro atoms. The van der Waals surface area contributed by atoms with E-state index in [0.29, 0.717) is 17.4 Å². The molecule has 4 heteroatoms. The van der Waals surface area contributed by atoms with Crippen LogP contribution in [0.4, 0.5) is 0 Å². The van der Waals surface area contributed by atoms with Crippen molar-refractivity contribution in [1.82, 2.24) is 10.2 Å². The summed E-state index contributed by atoms with van der Waals surface area (Å²) in [5, 5.41) is 3.66. The fourth-order valence-electron chi connectivity index (χ4n) is 3.44. The Hall–Kier alpha value is -2.33. The van der Waals surface area contributed by atoms with Crippen molar-refractivity contribution >= 4 is 5.91 Å². The van der Waals surface area contributed by atoms with E-state index in [1.807, 2.05) is 59.5 Å². The maximum atomic E-state index is 12.8. The summed E-state index contributed by atoms with van der Waals surface area (Å²) >= 11 is 0. The number of nitrogens with one attached hydrogen (secondary N) is 1. The molecule has 136 valence electrons. The van der Waals surface area contributed by atoms with Crippen molar-refractivity contribution < 1.29 is 9.53 Å². The van der Waals surface area contributed by atoms with E-state index in [1.165, 1.54) is 12.8 Å². The zero-order valence-electron chi connectivity index (χ0n) is 15.1. The Kier molecular flexibility index (Phi) is 5.21. The molecule has 1 saturated heterocycles. The highest BCUT2D eigenvalue weighted by Gasteiger charge is 2.26. The molecule has 1 heterocycles. The molecule has 0 aromatic heterocycles. The van der Waals surface area contributed by atoms with Crippen LogP contribution in [0, 0.1) is 5.92 Å². The van der Waals surface area contributed by atoms with Gasteiger partial charge in [0.1, 0.15) is 11.5 Å². The summed E-state index contributed by atoms with van der Waals surface area (Å²) in [5.41, 5.74) is 0.697. The van der Waals surface area contributed by atoms with Crippen molar-refractivity contribution in [3.8, 4) is 11.5 Å². The van der Waals surface area contributed by atoms with Crippen LogP contribution in [0.25, 0.3) is 0 Å². The van der Waals surface area contributed by atoms with Crippen LogP contribution in [0.5, 0.6) is 11.5 Å². The maximum absolute atomic E-state index is 12.8. The molecule has 0 radical (unpaired) electrons. The lowest BCUT2D eigenvalue weighted by Gasteiger charge is -2.32. The molecule has 2 fully saturated rings. The molecule has 0 bridgehead atoms. The molecule has 1 amide bonds. The predicted octanol–water partition coefficient (Wildman–Crippen LogP) is 4.08. The van der Waals surface area contributed by atoms with Crippen LogP contribution in [-0.2, 0) is 0 Å². The normalized spacial score (nSPS) is 17.9. The van der Waals surface area contributed by atoms with Crippen molar-refractivity contribution in [2.24, 2.45) is 5.92 Å². The second-order valence-corrected chi connectivity index (χ2v) is 7.36. The summed E-state index contributed by atoms with van der Waals surface area (Å²) in [4.78, 5) is 14.8. The van der Waals surface area contributed by atoms with Crippen LogP contribution in [0.15, 0.2) is 54.6 Å². The average Bonchev–Trinajstić information content (AvgIpc) is 3.52. The molecule has 1 N–H and O–H groups in total. The van der Waals surface area contributed by atoms with Crippen molar-refractivity contribution in [1.29, 1.82) is 0 Å². The number of hydrogen-bond acceptors (Lipinski definition) is 3. The van der Waals surface area contributed by atoms with E-state index in [-0.39, 0.29) is 5.91 Å². The third kappa shape index (κ3) is 4.44. The number of rotatable bonds is 6. The smallest absolute Gasteiger partial charge is 0.253 e. The number of likely N-dealkylation sites (tertiary alicyclic amines) is 1. The van der Waals surface area contributed by atoms with Crippen LogP contribution in [0.1, 0.15) is 36.0 Å². The molecule has 1 aliphatic carbocycles. The Bertz CT molecular complexity index is 735. The number of hydrogen-bond donors (Lipinski definition) is 1. The first-order valence-electron chi connectivity index (χ1n) is 9.63. The number of amides is 1. The topological polar surface area (TPSA) is 41.6 Å². The van der Waals surface area contributed by atoms with Gasteiger partial charge in [0, 0.05) is 24.7 Å². The van der Waals surface area contributed by atoms with Crippen LogP contribution in [0.2, 0.25) is 0 Å². The molecule has 2 aromatic carbocycles. The molecule has 0 unspecified atom stereocenters. The summed E-state index contributed by atoms with van der Waals surface area (Å²) in [6.07, 6.45) is 4.84. The Morgan fingerprint density at radius 1 is 0.962 bits per heavy atom. The highest BCUT2D eigenvalue weighted by Crippen LogP contribution is 2.28. The Balaban J connectivity index is 1.33. The van der Waals surface area contributed by atoms with E-state index in [0.717, 1.165) is 44.1 Å². The van der Waals surface area contributed by atoms with Crippen molar-refractivity contribution in [3.05, 3.63) is 60.2 Å². The summed E-state index contributed by atoms with van der Waals surface area (Å²) in [7, 11) is 0. The van der Waals surface area contributed by atoms with Gasteiger partial charge in [-0.05, 0) is 68.5 Å². The first-order valence-corrected chi connectivity index (χ1v) is 9.63. The van der Waals surface area contributed by atoms with Crippen LogP contribution >= 0.6 is 0 Å². The average molecular weight is 350 g/mol. The van der Waals surface area contributed by atoms with E-state index < -0.39 is 0 Å². The molecule has 2 aliphatic rings. The first kappa shape index (κ1) is 17.1. The van der Waals surface area contributed by atoms with Gasteiger partial charge in [-0.15, -0.1) is 0 Å². The molecule has 4 nitrogen and oxygen atoms in total. The zero-order chi connectivity index (χ0) is 17.8. The molecule has 2 aromatic rings. The minimum atomic E-state index is 0.101. The van der Waals surface area contributed by atoms with Crippen LogP contribution in [0.3, 0.4) is 0 Å². The first-order chi connectivity index (χ1) is 12.8. The highest BCUT2D eigenvalue weighted by molar-refractivity contribution is 5.94. The maximum Gasteiger partial charge on any atom is 0.253 e. The summed E-state index contributed by atoms with van der Waals surface area (Å²) < 4.78 is 5.85. The number of carbonyl (C=O) groups is 1. The van der Waals surface area contributed by atoms with Crippen molar-refractivity contribution in [3.63, 3.8) is 0 Å². The number of nitrogens with zero attached hydrogens (tertiary/aromatic N) is 1. The van der Waals surface area contributed by atoms with Gasteiger partial charge in [-0.25, -0.2) is 0 Å². The fraction of sp³-hybridized carbons (Fsp3) is 0.409. The third-order valence-corrected chi connectivity index (χ3v) is 5.23. The minimum absolute atomic E-state index is 0.101. The predicted molar refractivity (Wildman–Crippen MR) is 103 cm³/mol. The summed E-state index contributed by atoms with van der Waals surface area (Å²) in [6.45, 7) is 2.80. The van der Waals surface area contributed by atoms with Gasteiger partial charge in [0.25, 0.3) is 5.91 Å². The Morgan fingerprint density at radius 3 is 2.42 bits per heavy atom. The molecular formula is C22H26N2O2. The lowest BCUT2D eigenvalue weighted by atomic mass is 10.0. The van der Waals surface area contributed by atoms with E-state index in [9.17, 15) is 4.79 Å². The number of para-hydroxylation sites is 1. The SMILES string of the molecule is O=C(c1cccc(Oc2ccccc2)c1)N1CCC(NCC2CC2)CC1. The number of carbonyl (C=O) groups excluding carboxylic acids is 1. The molecule has 4 rings (SSSR count). The van der Waals surface area contributed by atoms with Gasteiger partial charge in [-0.1, -0.05) is 24.3 Å². The van der Waals surface area contributed by atoms with E-state index in [4.69, 9.17) is 4.74 Å². The lowest BCUT2D eigenvalue weighted by molar-refractivity contribution is 0.0704. The lowest BCUT2D eigenvalue weighted by Crippen LogP contribution is -2.45. The van der Waals surface area contributed by atoms with Gasteiger partial charge < -0.3 is 15.0 Å². The third-order valence-electron chi connectivity index (χ3n) is 5.23. The van der Waals surface area contributed by atoms with Gasteiger partial charge in [0.2, 0.25) is 0 Å². The number of ether oxygens (including phenoxy) is 1. The second-order valence-electron chi connectivity index (χ2n) is 7.36. The highest BCUT2D eigenvalue weighted by atomic mass is 16.5. The van der Waals surface area contributed by atoms with Gasteiger partial charge in [-0.2, -0.15) is 0 Å². The second kappa shape index (κ2) is 7.92. The summed E-state index contributed by atoms with van der Waals surface area (Å²) in [6, 6.07) is 17.7. The molecule has 26 heavy (non-hydrogen) atoms. The van der Waals surface area contributed by atoms with Crippen LogP contribution < -0.4 is 10.1 Å². The van der Waals surface area contributed by atoms with Gasteiger partial charge >= 0.3 is 0 Å². The standard InChI is InChI=1S/C22H26N2O2/c25-22(24-13-11-19(12-14-24)23-16-17-9-10-17)18-5-4-8-21(15-18)26-20-6-2-1-3-7-20/h1-8,15,17,19,23H,9-14,16H2. The quantitative estimate of drug-likeness (QED) is 0.853. The van der Waals surface area contributed by atoms with Crippen molar-refractivity contribution in [2.45, 2.75) is 31.7 Å². The summed E-state index contributed by atoms with van der Waals surface area (Å²) in [5.74, 6) is 2.48.